The van der Waals surface area contributed by atoms with Crippen molar-refractivity contribution in [2.45, 2.75) is 39.0 Å². The molecule has 0 aliphatic heterocycles. The van der Waals surface area contributed by atoms with Gasteiger partial charge in [-0.15, -0.1) is 0 Å². The van der Waals surface area contributed by atoms with E-state index in [0.717, 1.165) is 18.9 Å². The Balaban J connectivity index is 1.90. The quantitative estimate of drug-likeness (QED) is 0.782. The van der Waals surface area contributed by atoms with E-state index in [4.69, 9.17) is 10.5 Å². The lowest BCUT2D eigenvalue weighted by Gasteiger charge is -2.11. The van der Waals surface area contributed by atoms with Crippen molar-refractivity contribution < 1.29 is 9.53 Å². The average Bonchev–Trinajstić information content (AvgIpc) is 2.94. The van der Waals surface area contributed by atoms with Gasteiger partial charge in [-0.05, 0) is 25.3 Å². The highest BCUT2D eigenvalue weighted by Crippen LogP contribution is 2.27. The van der Waals surface area contributed by atoms with Crippen molar-refractivity contribution >= 4 is 17.5 Å². The van der Waals surface area contributed by atoms with Crippen LogP contribution in [-0.4, -0.2) is 24.1 Å². The average molecular weight is 277 g/mol. The summed E-state index contributed by atoms with van der Waals surface area (Å²) in [5.74, 6) is 1.12. The molecule has 0 spiro atoms. The highest BCUT2D eigenvalue weighted by molar-refractivity contribution is 5.95. The number of nitrogens with two attached hydrogens (primary N) is 1. The summed E-state index contributed by atoms with van der Waals surface area (Å²) in [6.45, 7) is 2.99. The molecule has 0 aromatic carbocycles. The van der Waals surface area contributed by atoms with Crippen LogP contribution >= 0.6 is 0 Å². The summed E-state index contributed by atoms with van der Waals surface area (Å²) in [5, 5.41) is 3.26. The first-order valence-electron chi connectivity index (χ1n) is 7.37. The topological polar surface area (TPSA) is 77.2 Å². The van der Waals surface area contributed by atoms with Crippen molar-refractivity contribution in [1.82, 2.24) is 4.98 Å². The Hall–Kier alpha value is -1.78. The summed E-state index contributed by atoms with van der Waals surface area (Å²) >= 11 is 0. The molecule has 0 unspecified atom stereocenters. The van der Waals surface area contributed by atoms with Gasteiger partial charge in [0, 0.05) is 6.54 Å². The van der Waals surface area contributed by atoms with Crippen molar-refractivity contribution in [3.63, 3.8) is 0 Å². The number of hydrogen-bond acceptors (Lipinski definition) is 5. The minimum Gasteiger partial charge on any atom is -0.462 e. The minimum absolute atomic E-state index is 0.338. The molecule has 1 aliphatic rings. The van der Waals surface area contributed by atoms with Crippen molar-refractivity contribution in [2.24, 2.45) is 5.92 Å². The van der Waals surface area contributed by atoms with E-state index < -0.39 is 5.97 Å². The normalized spacial score (nSPS) is 15.2. The van der Waals surface area contributed by atoms with Gasteiger partial charge in [0.25, 0.3) is 0 Å². The number of aromatic nitrogens is 1. The maximum absolute atomic E-state index is 11.7. The van der Waals surface area contributed by atoms with E-state index in [1.165, 1.54) is 31.9 Å². The molecule has 3 N–H and O–H groups in total. The van der Waals surface area contributed by atoms with Crippen LogP contribution in [0.4, 0.5) is 11.5 Å². The Kier molecular flexibility index (Phi) is 5.21. The summed E-state index contributed by atoms with van der Waals surface area (Å²) in [7, 11) is 0. The molecule has 1 aliphatic carbocycles. The molecule has 0 radical (unpaired) electrons. The smallest absolute Gasteiger partial charge is 0.340 e. The molecule has 110 valence electrons. The third-order valence-electron chi connectivity index (χ3n) is 3.76. The molecule has 5 nitrogen and oxygen atoms in total. The lowest BCUT2D eigenvalue weighted by molar-refractivity contribution is 0.0527. The number of anilines is 2. The monoisotopic (exact) mass is 277 g/mol. The highest BCUT2D eigenvalue weighted by atomic mass is 16.5. The molecule has 1 fully saturated rings. The first-order valence-corrected chi connectivity index (χ1v) is 7.37. The Morgan fingerprint density at radius 2 is 2.25 bits per heavy atom. The van der Waals surface area contributed by atoms with Crippen molar-refractivity contribution in [3.05, 3.63) is 17.8 Å². The van der Waals surface area contributed by atoms with Crippen LogP contribution in [0.25, 0.3) is 0 Å². The number of esters is 1. The Labute approximate surface area is 119 Å². The van der Waals surface area contributed by atoms with Gasteiger partial charge in [0.2, 0.25) is 0 Å². The van der Waals surface area contributed by atoms with E-state index in [0.29, 0.717) is 23.7 Å². The number of carbonyl (C=O) groups is 1. The van der Waals surface area contributed by atoms with Crippen LogP contribution in [0, 0.1) is 5.92 Å². The van der Waals surface area contributed by atoms with E-state index in [2.05, 4.69) is 10.3 Å². The molecule has 1 aromatic heterocycles. The SMILES string of the molecule is CCOC(=O)c1cc(NCCC2CCCC2)ncc1N. The van der Waals surface area contributed by atoms with Crippen LogP contribution in [-0.2, 0) is 4.74 Å². The fourth-order valence-corrected chi connectivity index (χ4v) is 2.65. The van der Waals surface area contributed by atoms with Gasteiger partial charge in [-0.2, -0.15) is 0 Å². The second-order valence-electron chi connectivity index (χ2n) is 5.24. The summed E-state index contributed by atoms with van der Waals surface area (Å²) in [5.41, 5.74) is 6.49. The fraction of sp³-hybridized carbons (Fsp3) is 0.600. The number of nitrogens with one attached hydrogen (secondary N) is 1. The Bertz CT molecular complexity index is 456. The minimum atomic E-state index is -0.397. The summed E-state index contributed by atoms with van der Waals surface area (Å²) in [6, 6.07) is 1.67. The fourth-order valence-electron chi connectivity index (χ4n) is 2.65. The molecule has 0 atom stereocenters. The van der Waals surface area contributed by atoms with Crippen molar-refractivity contribution in [1.29, 1.82) is 0 Å². The first kappa shape index (κ1) is 14.6. The van der Waals surface area contributed by atoms with Crippen LogP contribution in [0.5, 0.6) is 0 Å². The molecular formula is C15H23N3O2. The third kappa shape index (κ3) is 3.85. The number of rotatable bonds is 6. The van der Waals surface area contributed by atoms with E-state index >= 15 is 0 Å². The molecule has 0 saturated heterocycles. The molecule has 0 amide bonds. The number of nitrogens with zero attached hydrogens (tertiary/aromatic N) is 1. The van der Waals surface area contributed by atoms with E-state index in [1.807, 2.05) is 0 Å². The molecule has 2 rings (SSSR count). The number of carbonyl (C=O) groups excluding carboxylic acids is 1. The second kappa shape index (κ2) is 7.12. The van der Waals surface area contributed by atoms with Gasteiger partial charge >= 0.3 is 5.97 Å². The number of hydrogen-bond donors (Lipinski definition) is 2. The summed E-state index contributed by atoms with van der Waals surface area (Å²) < 4.78 is 4.98. The van der Waals surface area contributed by atoms with E-state index in [9.17, 15) is 4.79 Å². The van der Waals surface area contributed by atoms with Crippen molar-refractivity contribution in [2.75, 3.05) is 24.2 Å². The predicted molar refractivity (Wildman–Crippen MR) is 79.7 cm³/mol. The van der Waals surface area contributed by atoms with Gasteiger partial charge in [-0.25, -0.2) is 9.78 Å². The second-order valence-corrected chi connectivity index (χ2v) is 5.24. The maximum atomic E-state index is 11.7. The van der Waals surface area contributed by atoms with Crippen LogP contribution in [0.3, 0.4) is 0 Å². The molecule has 5 heteroatoms. The Morgan fingerprint density at radius 1 is 1.50 bits per heavy atom. The van der Waals surface area contributed by atoms with Crippen molar-refractivity contribution in [3.8, 4) is 0 Å². The van der Waals surface area contributed by atoms with Gasteiger partial charge in [0.1, 0.15) is 5.82 Å². The molecule has 1 saturated carbocycles. The first-order chi connectivity index (χ1) is 9.70. The zero-order valence-electron chi connectivity index (χ0n) is 12.0. The summed E-state index contributed by atoms with van der Waals surface area (Å²) in [6.07, 6.45) is 8.05. The zero-order valence-corrected chi connectivity index (χ0v) is 12.0. The van der Waals surface area contributed by atoms with E-state index in [-0.39, 0.29) is 0 Å². The third-order valence-corrected chi connectivity index (χ3v) is 3.76. The molecule has 20 heavy (non-hydrogen) atoms. The van der Waals surface area contributed by atoms with Crippen LogP contribution < -0.4 is 11.1 Å². The van der Waals surface area contributed by atoms with E-state index in [1.54, 1.807) is 13.0 Å². The van der Waals surface area contributed by atoms with Gasteiger partial charge < -0.3 is 15.8 Å². The lowest BCUT2D eigenvalue weighted by Crippen LogP contribution is -2.12. The van der Waals surface area contributed by atoms with Gasteiger partial charge in [-0.3, -0.25) is 0 Å². The van der Waals surface area contributed by atoms with Crippen LogP contribution in [0.2, 0.25) is 0 Å². The lowest BCUT2D eigenvalue weighted by atomic mass is 10.0. The molecular weight excluding hydrogens is 254 g/mol. The molecule has 1 heterocycles. The predicted octanol–water partition coefficient (Wildman–Crippen LogP) is 2.83. The summed E-state index contributed by atoms with van der Waals surface area (Å²) in [4.78, 5) is 15.9. The Morgan fingerprint density at radius 3 is 2.95 bits per heavy atom. The number of ether oxygens (including phenoxy) is 1. The van der Waals surface area contributed by atoms with Gasteiger partial charge in [-0.1, -0.05) is 25.7 Å². The highest BCUT2D eigenvalue weighted by Gasteiger charge is 2.15. The number of pyridine rings is 1. The zero-order chi connectivity index (χ0) is 14.4. The van der Waals surface area contributed by atoms with Gasteiger partial charge in [0.15, 0.2) is 0 Å². The van der Waals surface area contributed by atoms with Gasteiger partial charge in [0.05, 0.1) is 24.1 Å². The molecule has 1 aromatic rings. The maximum Gasteiger partial charge on any atom is 0.340 e. The van der Waals surface area contributed by atoms with Crippen LogP contribution in [0.1, 0.15) is 49.4 Å². The largest absolute Gasteiger partial charge is 0.462 e. The standard InChI is InChI=1S/C15H23N3O2/c1-2-20-15(19)12-9-14(18-10-13(12)16)17-8-7-11-5-3-4-6-11/h9-11H,2-8,16H2,1H3,(H,17,18). The molecule has 0 bridgehead atoms. The van der Waals surface area contributed by atoms with Crippen LogP contribution in [0.15, 0.2) is 12.3 Å². The number of nitrogen functional groups attached to an aromatic ring is 1.